The van der Waals surface area contributed by atoms with Crippen LogP contribution in [0, 0.1) is 12.7 Å². The predicted molar refractivity (Wildman–Crippen MR) is 107 cm³/mol. The zero-order valence-corrected chi connectivity index (χ0v) is 16.9. The number of carbonyl (C=O) groups excluding carboxylic acids is 1. The monoisotopic (exact) mass is 404 g/mol. The van der Waals surface area contributed by atoms with E-state index in [-0.39, 0.29) is 22.5 Å². The summed E-state index contributed by atoms with van der Waals surface area (Å²) >= 11 is 0. The predicted octanol–water partition coefficient (Wildman–Crippen LogP) is 4.34. The SMILES string of the molecule is Cc1ccc(S(=O)(=O)Nc2cccc(C(=O)N(C)C3CCCCC3)c2)cc1F. The normalized spacial score (nSPS) is 15.2. The number of nitrogens with zero attached hydrogens (tertiary/aromatic N) is 1. The number of hydrogen-bond donors (Lipinski definition) is 1. The van der Waals surface area contributed by atoms with Gasteiger partial charge in [0.15, 0.2) is 0 Å². The Hall–Kier alpha value is -2.41. The Kier molecular flexibility index (Phi) is 6.03. The molecule has 0 aliphatic heterocycles. The molecule has 2 aromatic carbocycles. The van der Waals surface area contributed by atoms with E-state index in [2.05, 4.69) is 4.72 Å². The summed E-state index contributed by atoms with van der Waals surface area (Å²) in [5, 5.41) is 0. The molecule has 7 heteroatoms. The molecular formula is C21H25FN2O3S. The van der Waals surface area contributed by atoms with E-state index >= 15 is 0 Å². The smallest absolute Gasteiger partial charge is 0.261 e. The molecule has 5 nitrogen and oxygen atoms in total. The molecule has 1 aliphatic rings. The molecule has 28 heavy (non-hydrogen) atoms. The Morgan fingerprint density at radius 1 is 1.11 bits per heavy atom. The average Bonchev–Trinajstić information content (AvgIpc) is 2.69. The zero-order valence-electron chi connectivity index (χ0n) is 16.1. The molecule has 3 rings (SSSR count). The second kappa shape index (κ2) is 8.31. The van der Waals surface area contributed by atoms with E-state index in [0.717, 1.165) is 31.7 Å². The molecule has 1 saturated carbocycles. The van der Waals surface area contributed by atoms with Crippen LogP contribution >= 0.6 is 0 Å². The van der Waals surface area contributed by atoms with Crippen LogP contribution in [-0.4, -0.2) is 32.3 Å². The van der Waals surface area contributed by atoms with Gasteiger partial charge in [-0.05, 0) is 55.7 Å². The van der Waals surface area contributed by atoms with Crippen molar-refractivity contribution < 1.29 is 17.6 Å². The second-order valence-corrected chi connectivity index (χ2v) is 8.99. The van der Waals surface area contributed by atoms with Crippen molar-refractivity contribution in [2.75, 3.05) is 11.8 Å². The van der Waals surface area contributed by atoms with Gasteiger partial charge in [-0.1, -0.05) is 31.4 Å². The van der Waals surface area contributed by atoms with Gasteiger partial charge >= 0.3 is 0 Å². The van der Waals surface area contributed by atoms with Gasteiger partial charge in [0.2, 0.25) is 0 Å². The molecule has 0 atom stereocenters. The fourth-order valence-electron chi connectivity index (χ4n) is 3.51. The van der Waals surface area contributed by atoms with Gasteiger partial charge in [0, 0.05) is 24.3 Å². The van der Waals surface area contributed by atoms with E-state index in [1.165, 1.54) is 24.6 Å². The summed E-state index contributed by atoms with van der Waals surface area (Å²) in [6.07, 6.45) is 5.43. The fourth-order valence-corrected chi connectivity index (χ4v) is 4.57. The van der Waals surface area contributed by atoms with Gasteiger partial charge in [-0.3, -0.25) is 9.52 Å². The maximum Gasteiger partial charge on any atom is 0.261 e. The number of aryl methyl sites for hydroxylation is 1. The summed E-state index contributed by atoms with van der Waals surface area (Å²) in [7, 11) is -2.15. The maximum absolute atomic E-state index is 13.7. The standard InChI is InChI=1S/C21H25FN2O3S/c1-15-11-12-19(14-20(15)22)28(26,27)23-17-8-6-7-16(13-17)21(25)24(2)18-9-4-3-5-10-18/h6-8,11-14,18,23H,3-5,9-10H2,1-2H3. The number of hydrogen-bond acceptors (Lipinski definition) is 3. The van der Waals surface area contributed by atoms with E-state index in [4.69, 9.17) is 0 Å². The molecule has 0 radical (unpaired) electrons. The number of benzene rings is 2. The molecule has 1 amide bonds. The lowest BCUT2D eigenvalue weighted by Gasteiger charge is -2.31. The highest BCUT2D eigenvalue weighted by atomic mass is 32.2. The Balaban J connectivity index is 1.78. The number of carbonyl (C=O) groups is 1. The van der Waals surface area contributed by atoms with Crippen molar-refractivity contribution >= 4 is 21.6 Å². The van der Waals surface area contributed by atoms with E-state index in [0.29, 0.717) is 11.1 Å². The molecular weight excluding hydrogens is 379 g/mol. The lowest BCUT2D eigenvalue weighted by atomic mass is 9.94. The van der Waals surface area contributed by atoms with Crippen LogP contribution in [0.5, 0.6) is 0 Å². The van der Waals surface area contributed by atoms with Crippen LogP contribution in [-0.2, 0) is 10.0 Å². The Morgan fingerprint density at radius 3 is 2.50 bits per heavy atom. The zero-order chi connectivity index (χ0) is 20.3. The Bertz CT molecular complexity index is 969. The summed E-state index contributed by atoms with van der Waals surface area (Å²) in [6, 6.07) is 10.4. The minimum atomic E-state index is -3.95. The number of anilines is 1. The summed E-state index contributed by atoms with van der Waals surface area (Å²) in [6.45, 7) is 1.57. The highest BCUT2D eigenvalue weighted by Crippen LogP contribution is 2.24. The lowest BCUT2D eigenvalue weighted by molar-refractivity contribution is 0.0696. The highest BCUT2D eigenvalue weighted by molar-refractivity contribution is 7.92. The van der Waals surface area contributed by atoms with Crippen LogP contribution in [0.2, 0.25) is 0 Å². The Morgan fingerprint density at radius 2 is 1.82 bits per heavy atom. The maximum atomic E-state index is 13.7. The first-order chi connectivity index (χ1) is 13.3. The molecule has 0 heterocycles. The average molecular weight is 405 g/mol. The fraction of sp³-hybridized carbons (Fsp3) is 0.381. The largest absolute Gasteiger partial charge is 0.339 e. The molecule has 1 aliphatic carbocycles. The minimum Gasteiger partial charge on any atom is -0.339 e. The topological polar surface area (TPSA) is 66.5 Å². The van der Waals surface area contributed by atoms with Gasteiger partial charge in [-0.2, -0.15) is 0 Å². The van der Waals surface area contributed by atoms with Crippen LogP contribution in [0.25, 0.3) is 0 Å². The molecule has 1 fully saturated rings. The van der Waals surface area contributed by atoms with E-state index in [1.807, 2.05) is 0 Å². The van der Waals surface area contributed by atoms with Gasteiger partial charge in [0.1, 0.15) is 5.82 Å². The van der Waals surface area contributed by atoms with Crippen LogP contribution in [0.4, 0.5) is 10.1 Å². The second-order valence-electron chi connectivity index (χ2n) is 7.31. The van der Waals surface area contributed by atoms with E-state index < -0.39 is 15.8 Å². The molecule has 0 aromatic heterocycles. The molecule has 150 valence electrons. The number of halogens is 1. The molecule has 0 spiro atoms. The number of nitrogens with one attached hydrogen (secondary N) is 1. The molecule has 0 unspecified atom stereocenters. The van der Waals surface area contributed by atoms with Gasteiger partial charge in [0.25, 0.3) is 15.9 Å². The lowest BCUT2D eigenvalue weighted by Crippen LogP contribution is -2.38. The number of sulfonamides is 1. The third-order valence-corrected chi connectivity index (χ3v) is 6.64. The molecule has 0 bridgehead atoms. The minimum absolute atomic E-state index is 0.130. The van der Waals surface area contributed by atoms with E-state index in [1.54, 1.807) is 37.1 Å². The molecule has 1 N–H and O–H groups in total. The van der Waals surface area contributed by atoms with Crippen LogP contribution in [0.3, 0.4) is 0 Å². The Labute approximate surface area is 165 Å². The van der Waals surface area contributed by atoms with Crippen LogP contribution in [0.15, 0.2) is 47.4 Å². The highest BCUT2D eigenvalue weighted by Gasteiger charge is 2.23. The van der Waals surface area contributed by atoms with Gasteiger partial charge in [-0.15, -0.1) is 0 Å². The summed E-state index contributed by atoms with van der Waals surface area (Å²) in [5.74, 6) is -0.713. The number of amides is 1. The van der Waals surface area contributed by atoms with Gasteiger partial charge in [-0.25, -0.2) is 12.8 Å². The van der Waals surface area contributed by atoms with Crippen LogP contribution < -0.4 is 4.72 Å². The quantitative estimate of drug-likeness (QED) is 0.806. The first-order valence-corrected chi connectivity index (χ1v) is 10.9. The van der Waals surface area contributed by atoms with Crippen molar-refractivity contribution in [1.29, 1.82) is 0 Å². The van der Waals surface area contributed by atoms with Crippen molar-refractivity contribution in [1.82, 2.24) is 4.90 Å². The van der Waals surface area contributed by atoms with Gasteiger partial charge in [0.05, 0.1) is 4.90 Å². The summed E-state index contributed by atoms with van der Waals surface area (Å²) < 4.78 is 41.3. The van der Waals surface area contributed by atoms with Crippen molar-refractivity contribution in [3.05, 3.63) is 59.4 Å². The summed E-state index contributed by atoms with van der Waals surface area (Å²) in [5.41, 5.74) is 1.06. The number of rotatable bonds is 5. The summed E-state index contributed by atoms with van der Waals surface area (Å²) in [4.78, 5) is 14.4. The van der Waals surface area contributed by atoms with Crippen LogP contribution in [0.1, 0.15) is 48.0 Å². The third kappa shape index (κ3) is 4.52. The van der Waals surface area contributed by atoms with Crippen molar-refractivity contribution in [3.8, 4) is 0 Å². The molecule has 2 aromatic rings. The first-order valence-electron chi connectivity index (χ1n) is 9.44. The van der Waals surface area contributed by atoms with Gasteiger partial charge < -0.3 is 4.90 Å². The first kappa shape index (κ1) is 20.3. The van der Waals surface area contributed by atoms with Crippen molar-refractivity contribution in [3.63, 3.8) is 0 Å². The van der Waals surface area contributed by atoms with Crippen molar-refractivity contribution in [2.45, 2.75) is 50.0 Å². The van der Waals surface area contributed by atoms with E-state index in [9.17, 15) is 17.6 Å². The third-order valence-electron chi connectivity index (χ3n) is 5.26. The molecule has 0 saturated heterocycles. The van der Waals surface area contributed by atoms with Crippen molar-refractivity contribution in [2.24, 2.45) is 0 Å².